The number of rotatable bonds is 4. The molecule has 32 heavy (non-hydrogen) atoms. The van der Waals surface area contributed by atoms with Crippen molar-refractivity contribution in [1.29, 1.82) is 0 Å². The Morgan fingerprint density at radius 1 is 1.16 bits per heavy atom. The molecule has 4 aromatic rings. The Kier molecular flexibility index (Phi) is 5.07. The molecule has 8 nitrogen and oxygen atoms in total. The highest BCUT2D eigenvalue weighted by atomic mass is 35.5. The lowest BCUT2D eigenvalue weighted by Crippen LogP contribution is -2.28. The van der Waals surface area contributed by atoms with Crippen LogP contribution in [0.1, 0.15) is 18.8 Å². The fourth-order valence-electron chi connectivity index (χ4n) is 3.68. The summed E-state index contributed by atoms with van der Waals surface area (Å²) in [4.78, 5) is 26.6. The van der Waals surface area contributed by atoms with Gasteiger partial charge in [0.25, 0.3) is 5.56 Å². The van der Waals surface area contributed by atoms with Crippen LogP contribution in [0.3, 0.4) is 0 Å². The molecule has 5 rings (SSSR count). The maximum absolute atomic E-state index is 14.6. The summed E-state index contributed by atoms with van der Waals surface area (Å²) in [5, 5.41) is 9.82. The molecule has 3 heterocycles. The average Bonchev–Trinajstić information content (AvgIpc) is 3.26. The summed E-state index contributed by atoms with van der Waals surface area (Å²) in [6, 6.07) is 8.71. The molecule has 3 N–H and O–H groups in total. The van der Waals surface area contributed by atoms with Crippen molar-refractivity contribution in [3.05, 3.63) is 74.8 Å². The molecule has 0 saturated heterocycles. The van der Waals surface area contributed by atoms with Crippen LogP contribution in [0.5, 0.6) is 0 Å². The number of fused-ring (bicyclic) bond motifs is 2. The first-order chi connectivity index (χ1) is 15.5. The van der Waals surface area contributed by atoms with Crippen LogP contribution in [0, 0.1) is 5.82 Å². The Hall–Kier alpha value is -3.43. The van der Waals surface area contributed by atoms with Crippen LogP contribution in [-0.4, -0.2) is 26.2 Å². The van der Waals surface area contributed by atoms with E-state index in [0.29, 0.717) is 35.5 Å². The minimum Gasteiger partial charge on any atom is -0.362 e. The zero-order chi connectivity index (χ0) is 22.4. The Balaban J connectivity index is 1.72. The van der Waals surface area contributed by atoms with Gasteiger partial charge in [0.15, 0.2) is 11.6 Å². The minimum absolute atomic E-state index is 0.131. The van der Waals surface area contributed by atoms with Gasteiger partial charge < -0.3 is 16.0 Å². The van der Waals surface area contributed by atoms with Crippen molar-refractivity contribution in [2.45, 2.75) is 13.0 Å². The molecular weight excluding hydrogens is 456 g/mol. The summed E-state index contributed by atoms with van der Waals surface area (Å²) in [6.07, 6.45) is 1.43. The second-order valence-corrected chi connectivity index (χ2v) is 7.94. The number of hydrogen-bond acceptors (Lipinski definition) is 7. The predicted octanol–water partition coefficient (Wildman–Crippen LogP) is 4.59. The van der Waals surface area contributed by atoms with E-state index in [9.17, 15) is 9.18 Å². The highest BCUT2D eigenvalue weighted by Crippen LogP contribution is 2.33. The lowest BCUT2D eigenvalue weighted by molar-refractivity contribution is 0.635. The monoisotopic (exact) mass is 471 g/mol. The number of halogens is 3. The van der Waals surface area contributed by atoms with Gasteiger partial charge in [0.1, 0.15) is 29.0 Å². The first-order valence-corrected chi connectivity index (χ1v) is 10.5. The van der Waals surface area contributed by atoms with Crippen molar-refractivity contribution < 1.29 is 4.39 Å². The Morgan fingerprint density at radius 2 is 1.97 bits per heavy atom. The van der Waals surface area contributed by atoms with Crippen molar-refractivity contribution >= 4 is 51.4 Å². The molecule has 11 heteroatoms. The number of hydrogen-bond donors (Lipinski definition) is 3. The van der Waals surface area contributed by atoms with E-state index in [4.69, 9.17) is 23.2 Å². The van der Waals surface area contributed by atoms with Gasteiger partial charge in [0.2, 0.25) is 0 Å². The third kappa shape index (κ3) is 3.30. The summed E-state index contributed by atoms with van der Waals surface area (Å²) in [5.74, 6) is 0.849. The lowest BCUT2D eigenvalue weighted by atomic mass is 10.2. The maximum Gasteiger partial charge on any atom is 0.269 e. The molecule has 0 aliphatic carbocycles. The third-order valence-corrected chi connectivity index (χ3v) is 5.96. The van der Waals surface area contributed by atoms with Crippen LogP contribution in [0.2, 0.25) is 10.0 Å². The molecule has 2 aromatic carbocycles. The molecule has 1 aliphatic rings. The number of anilines is 3. The quantitative estimate of drug-likeness (QED) is 0.400. The summed E-state index contributed by atoms with van der Waals surface area (Å²) in [7, 11) is 0. The summed E-state index contributed by atoms with van der Waals surface area (Å²) in [6.45, 7) is 2.34. The topological polar surface area (TPSA) is 96.8 Å². The van der Waals surface area contributed by atoms with E-state index in [1.807, 2.05) is 6.92 Å². The Bertz CT molecular complexity index is 1430. The Labute approximate surface area is 191 Å². The van der Waals surface area contributed by atoms with Crippen LogP contribution >= 0.6 is 23.2 Å². The molecule has 2 aromatic heterocycles. The van der Waals surface area contributed by atoms with Crippen LogP contribution in [-0.2, 0) is 0 Å². The maximum atomic E-state index is 14.6. The fourth-order valence-corrected chi connectivity index (χ4v) is 4.06. The van der Waals surface area contributed by atoms with E-state index in [1.165, 1.54) is 23.0 Å². The van der Waals surface area contributed by atoms with Crippen LogP contribution < -0.4 is 21.5 Å². The van der Waals surface area contributed by atoms with Gasteiger partial charge >= 0.3 is 0 Å². The number of nitrogens with one attached hydrogen (secondary N) is 3. The van der Waals surface area contributed by atoms with E-state index in [1.54, 1.807) is 24.3 Å². The van der Waals surface area contributed by atoms with E-state index in [-0.39, 0.29) is 20.9 Å². The fraction of sp³-hybridized carbons (Fsp3) is 0.143. The average molecular weight is 472 g/mol. The Morgan fingerprint density at radius 3 is 2.81 bits per heavy atom. The van der Waals surface area contributed by atoms with Gasteiger partial charge in [-0.05, 0) is 31.2 Å². The van der Waals surface area contributed by atoms with Crippen molar-refractivity contribution in [1.82, 2.24) is 19.5 Å². The van der Waals surface area contributed by atoms with Crippen molar-refractivity contribution in [2.24, 2.45) is 0 Å². The highest BCUT2D eigenvalue weighted by Gasteiger charge is 2.24. The number of nitrogens with zero attached hydrogens (tertiary/aromatic N) is 4. The predicted molar refractivity (Wildman–Crippen MR) is 124 cm³/mol. The zero-order valence-electron chi connectivity index (χ0n) is 16.7. The third-order valence-electron chi connectivity index (χ3n) is 5.15. The zero-order valence-corrected chi connectivity index (χ0v) is 18.2. The number of aromatic nitrogens is 4. The first kappa shape index (κ1) is 20.5. The first-order valence-electron chi connectivity index (χ1n) is 9.70. The molecule has 0 spiro atoms. The summed E-state index contributed by atoms with van der Waals surface area (Å²) >= 11 is 12.6. The van der Waals surface area contributed by atoms with Gasteiger partial charge in [0, 0.05) is 0 Å². The van der Waals surface area contributed by atoms with Crippen molar-refractivity contribution in [3.8, 4) is 5.69 Å². The highest BCUT2D eigenvalue weighted by molar-refractivity contribution is 6.43. The van der Waals surface area contributed by atoms with Gasteiger partial charge in [-0.3, -0.25) is 9.36 Å². The van der Waals surface area contributed by atoms with Gasteiger partial charge in [-0.25, -0.2) is 19.3 Å². The molecule has 162 valence electrons. The molecule has 0 saturated carbocycles. The van der Waals surface area contributed by atoms with Gasteiger partial charge in [-0.1, -0.05) is 35.3 Å². The second-order valence-electron chi connectivity index (χ2n) is 7.16. The smallest absolute Gasteiger partial charge is 0.269 e. The molecular formula is C21H16Cl2FN7O. The summed E-state index contributed by atoms with van der Waals surface area (Å²) < 4.78 is 15.9. The SMILES string of the molecule is CC(Nc1ncnc2c1NCN2)c1nc2cccc(F)c2c(=O)n1-c1cccc(Cl)c1Cl. The molecule has 0 amide bonds. The normalized spacial score (nSPS) is 13.4. The molecule has 0 fully saturated rings. The summed E-state index contributed by atoms with van der Waals surface area (Å²) in [5.41, 5.74) is 0.661. The molecule has 1 aliphatic heterocycles. The van der Waals surface area contributed by atoms with E-state index in [0.717, 1.165) is 0 Å². The van der Waals surface area contributed by atoms with Crippen LogP contribution in [0.25, 0.3) is 16.6 Å². The molecule has 1 unspecified atom stereocenters. The molecule has 1 atom stereocenters. The van der Waals surface area contributed by atoms with E-state index in [2.05, 4.69) is 30.9 Å². The van der Waals surface area contributed by atoms with Gasteiger partial charge in [-0.2, -0.15) is 0 Å². The number of benzene rings is 2. The standard InChI is InChI=1S/C21H16Cl2FN7O/c1-10(29-19-17-18(26-8-25-17)27-9-28-19)20-30-13-6-3-5-12(24)15(13)21(32)31(20)14-7-2-4-11(22)16(14)23/h2-7,9-10,25H,8H2,1H3,(H2,26,27,28,29). The van der Waals surface area contributed by atoms with Gasteiger partial charge in [0.05, 0.1) is 34.0 Å². The van der Waals surface area contributed by atoms with Gasteiger partial charge in [-0.15, -0.1) is 0 Å². The van der Waals surface area contributed by atoms with Crippen LogP contribution in [0.4, 0.5) is 21.7 Å². The minimum atomic E-state index is -0.664. The van der Waals surface area contributed by atoms with E-state index >= 15 is 0 Å². The largest absolute Gasteiger partial charge is 0.362 e. The lowest BCUT2D eigenvalue weighted by Gasteiger charge is -2.21. The second kappa shape index (κ2) is 7.92. The van der Waals surface area contributed by atoms with Crippen molar-refractivity contribution in [2.75, 3.05) is 22.6 Å². The molecule has 0 bridgehead atoms. The molecule has 0 radical (unpaired) electrons. The van der Waals surface area contributed by atoms with E-state index < -0.39 is 17.4 Å². The van der Waals surface area contributed by atoms with Crippen LogP contribution in [0.15, 0.2) is 47.5 Å². The van der Waals surface area contributed by atoms with Crippen molar-refractivity contribution in [3.63, 3.8) is 0 Å².